The van der Waals surface area contributed by atoms with Gasteiger partial charge < -0.3 is 4.74 Å². The number of aromatic nitrogens is 5. The lowest BCUT2D eigenvalue weighted by atomic mass is 10.1. The van der Waals surface area contributed by atoms with Gasteiger partial charge in [0.25, 0.3) is 5.91 Å². The third-order valence-corrected chi connectivity index (χ3v) is 6.03. The van der Waals surface area contributed by atoms with Gasteiger partial charge in [0.1, 0.15) is 12.1 Å². The Labute approximate surface area is 217 Å². The van der Waals surface area contributed by atoms with Crippen LogP contribution >= 0.6 is 23.2 Å². The number of nitrogens with one attached hydrogen (secondary N) is 1. The quantitative estimate of drug-likeness (QED) is 0.281. The van der Waals surface area contributed by atoms with E-state index in [-0.39, 0.29) is 18.4 Å². The Kier molecular flexibility index (Phi) is 6.97. The number of ether oxygens (including phenoxy) is 1. The fourth-order valence-electron chi connectivity index (χ4n) is 3.49. The van der Waals surface area contributed by atoms with Gasteiger partial charge in [-0.1, -0.05) is 71.7 Å². The summed E-state index contributed by atoms with van der Waals surface area (Å²) < 4.78 is 8.92. The van der Waals surface area contributed by atoms with E-state index in [0.717, 1.165) is 16.7 Å². The molecule has 0 bridgehead atoms. The molecular formula is C26H20Cl2N6O2. The van der Waals surface area contributed by atoms with E-state index in [9.17, 15) is 4.79 Å². The Morgan fingerprint density at radius 2 is 1.64 bits per heavy atom. The lowest BCUT2D eigenvalue weighted by molar-refractivity contribution is 0.101. The van der Waals surface area contributed by atoms with Crippen LogP contribution in [-0.4, -0.2) is 30.5 Å². The minimum Gasteiger partial charge on any atom is -0.471 e. The maximum Gasteiger partial charge on any atom is 0.278 e. The number of halogens is 2. The maximum absolute atomic E-state index is 12.6. The van der Waals surface area contributed by atoms with Crippen molar-refractivity contribution in [1.29, 1.82) is 0 Å². The van der Waals surface area contributed by atoms with Crippen molar-refractivity contribution in [2.24, 2.45) is 0 Å². The molecule has 0 spiro atoms. The van der Waals surface area contributed by atoms with Gasteiger partial charge >= 0.3 is 0 Å². The molecule has 8 nitrogen and oxygen atoms in total. The van der Waals surface area contributed by atoms with Crippen molar-refractivity contribution >= 4 is 35.1 Å². The molecule has 2 aromatic heterocycles. The van der Waals surface area contributed by atoms with Gasteiger partial charge in [0.05, 0.1) is 16.6 Å². The Morgan fingerprint density at radius 3 is 2.42 bits per heavy atom. The van der Waals surface area contributed by atoms with E-state index < -0.39 is 5.91 Å². The average molecular weight is 519 g/mol. The largest absolute Gasteiger partial charge is 0.471 e. The predicted molar refractivity (Wildman–Crippen MR) is 138 cm³/mol. The number of benzene rings is 3. The lowest BCUT2D eigenvalue weighted by Crippen LogP contribution is -2.15. The van der Waals surface area contributed by atoms with E-state index in [1.807, 2.05) is 48.5 Å². The second-order valence-electron chi connectivity index (χ2n) is 7.87. The molecule has 5 aromatic rings. The molecule has 0 saturated heterocycles. The first-order valence-corrected chi connectivity index (χ1v) is 11.8. The second kappa shape index (κ2) is 10.6. The monoisotopic (exact) mass is 518 g/mol. The van der Waals surface area contributed by atoms with Crippen molar-refractivity contribution in [3.63, 3.8) is 0 Å². The normalized spacial score (nSPS) is 10.8. The number of nitrogens with zero attached hydrogens (tertiary/aromatic N) is 5. The van der Waals surface area contributed by atoms with Crippen LogP contribution in [0.1, 0.15) is 16.1 Å². The molecule has 1 N–H and O–H groups in total. The van der Waals surface area contributed by atoms with E-state index in [1.165, 1.54) is 11.0 Å². The van der Waals surface area contributed by atoms with Gasteiger partial charge in [-0.25, -0.2) is 14.3 Å². The number of anilines is 1. The van der Waals surface area contributed by atoms with Crippen molar-refractivity contribution in [1.82, 2.24) is 24.5 Å². The van der Waals surface area contributed by atoms with Crippen molar-refractivity contribution in [3.8, 4) is 16.9 Å². The highest BCUT2D eigenvalue weighted by Gasteiger charge is 2.13. The average Bonchev–Trinajstić information content (AvgIpc) is 3.55. The Balaban J connectivity index is 1.15. The van der Waals surface area contributed by atoms with Crippen LogP contribution in [0.4, 0.5) is 5.95 Å². The first-order valence-electron chi connectivity index (χ1n) is 11.0. The molecule has 0 aliphatic heterocycles. The van der Waals surface area contributed by atoms with Crippen LogP contribution in [0.3, 0.4) is 0 Å². The second-order valence-corrected chi connectivity index (χ2v) is 8.69. The van der Waals surface area contributed by atoms with Gasteiger partial charge in [-0.05, 0) is 47.0 Å². The van der Waals surface area contributed by atoms with Crippen molar-refractivity contribution < 1.29 is 9.53 Å². The molecule has 10 heteroatoms. The molecule has 1 amide bonds. The van der Waals surface area contributed by atoms with Gasteiger partial charge in [-0.2, -0.15) is 5.10 Å². The van der Waals surface area contributed by atoms with Crippen LogP contribution in [0.15, 0.2) is 91.4 Å². The molecule has 180 valence electrons. The van der Waals surface area contributed by atoms with Crippen LogP contribution in [0.5, 0.6) is 5.75 Å². The maximum atomic E-state index is 12.6. The van der Waals surface area contributed by atoms with Crippen LogP contribution in [-0.2, 0) is 13.3 Å². The van der Waals surface area contributed by atoms with E-state index in [2.05, 4.69) is 32.6 Å². The number of carbonyl (C=O) groups excluding carboxylic acids is 1. The SMILES string of the molecule is O=C(Nc1ncn(Cc2ccc(Cl)c(Cl)c2)n1)c1ccn(COc2ccc(-c3ccccc3)cc2)n1. The summed E-state index contributed by atoms with van der Waals surface area (Å²) >= 11 is 12.0. The van der Waals surface area contributed by atoms with Gasteiger partial charge in [0, 0.05) is 6.20 Å². The number of amides is 1. The van der Waals surface area contributed by atoms with E-state index in [1.54, 1.807) is 29.1 Å². The van der Waals surface area contributed by atoms with Crippen molar-refractivity contribution in [3.05, 3.63) is 113 Å². The molecule has 5 rings (SSSR count). The molecular weight excluding hydrogens is 499 g/mol. The summed E-state index contributed by atoms with van der Waals surface area (Å²) in [6, 6.07) is 24.8. The number of hydrogen-bond acceptors (Lipinski definition) is 5. The summed E-state index contributed by atoms with van der Waals surface area (Å²) in [6.45, 7) is 0.590. The van der Waals surface area contributed by atoms with Crippen LogP contribution < -0.4 is 10.1 Å². The Bertz CT molecular complexity index is 1480. The topological polar surface area (TPSA) is 86.9 Å². The summed E-state index contributed by atoms with van der Waals surface area (Å²) in [5, 5.41) is 12.1. The highest BCUT2D eigenvalue weighted by molar-refractivity contribution is 6.42. The van der Waals surface area contributed by atoms with E-state index in [4.69, 9.17) is 27.9 Å². The molecule has 0 aliphatic carbocycles. The molecule has 0 unspecified atom stereocenters. The van der Waals surface area contributed by atoms with Crippen molar-refractivity contribution in [2.75, 3.05) is 5.32 Å². The summed E-state index contributed by atoms with van der Waals surface area (Å²) in [7, 11) is 0. The van der Waals surface area contributed by atoms with Crippen LogP contribution in [0.25, 0.3) is 11.1 Å². The number of carbonyl (C=O) groups is 1. The van der Waals surface area contributed by atoms with Gasteiger partial charge in [-0.3, -0.25) is 10.1 Å². The third kappa shape index (κ3) is 5.73. The first-order chi connectivity index (χ1) is 17.5. The molecule has 0 atom stereocenters. The van der Waals surface area contributed by atoms with E-state index >= 15 is 0 Å². The third-order valence-electron chi connectivity index (χ3n) is 5.29. The molecule has 0 saturated carbocycles. The molecule has 0 radical (unpaired) electrons. The first kappa shape index (κ1) is 23.6. The van der Waals surface area contributed by atoms with Gasteiger partial charge in [-0.15, -0.1) is 5.10 Å². The predicted octanol–water partition coefficient (Wildman–Crippen LogP) is 5.79. The zero-order valence-electron chi connectivity index (χ0n) is 18.9. The van der Waals surface area contributed by atoms with Gasteiger partial charge in [0.2, 0.25) is 5.95 Å². The van der Waals surface area contributed by atoms with Crippen molar-refractivity contribution in [2.45, 2.75) is 13.3 Å². The van der Waals surface area contributed by atoms with Crippen LogP contribution in [0.2, 0.25) is 10.0 Å². The summed E-state index contributed by atoms with van der Waals surface area (Å²) in [5.41, 5.74) is 3.37. The summed E-state index contributed by atoms with van der Waals surface area (Å²) in [4.78, 5) is 16.7. The smallest absolute Gasteiger partial charge is 0.278 e. The highest BCUT2D eigenvalue weighted by Crippen LogP contribution is 2.23. The Morgan fingerprint density at radius 1 is 0.861 bits per heavy atom. The molecule has 0 fully saturated rings. The highest BCUT2D eigenvalue weighted by atomic mass is 35.5. The minimum absolute atomic E-state index is 0.161. The van der Waals surface area contributed by atoms with E-state index in [0.29, 0.717) is 22.3 Å². The lowest BCUT2D eigenvalue weighted by Gasteiger charge is -2.07. The number of hydrogen-bond donors (Lipinski definition) is 1. The van der Waals surface area contributed by atoms with Crippen LogP contribution in [0, 0.1) is 0 Å². The van der Waals surface area contributed by atoms with Gasteiger partial charge in [0.15, 0.2) is 12.4 Å². The standard InChI is InChI=1S/C26H20Cl2N6O2/c27-22-11-6-18(14-23(22)28)15-34-16-29-26(32-34)30-25(35)24-12-13-33(31-24)17-36-21-9-7-20(8-10-21)19-4-2-1-3-5-19/h1-14,16H,15,17H2,(H,30,32,35). The molecule has 2 heterocycles. The molecule has 0 aliphatic rings. The summed E-state index contributed by atoms with van der Waals surface area (Å²) in [5.74, 6) is 0.450. The summed E-state index contributed by atoms with van der Waals surface area (Å²) in [6.07, 6.45) is 3.19. The fourth-order valence-corrected chi connectivity index (χ4v) is 3.81. The molecule has 3 aromatic carbocycles. The zero-order chi connectivity index (χ0) is 24.9. The fraction of sp³-hybridized carbons (Fsp3) is 0.0769. The Hall–Kier alpha value is -4.14. The zero-order valence-corrected chi connectivity index (χ0v) is 20.4. The molecule has 36 heavy (non-hydrogen) atoms. The number of rotatable bonds is 8. The minimum atomic E-state index is -0.423.